The quantitative estimate of drug-likeness (QED) is 0.159. The minimum atomic E-state index is -0.724. The molecule has 2 aromatic carbocycles. The summed E-state index contributed by atoms with van der Waals surface area (Å²) in [5.74, 6) is 0.236. The molecule has 3 amide bonds. The summed E-state index contributed by atoms with van der Waals surface area (Å²) in [4.78, 5) is 36.3. The molecule has 3 aromatic rings. The molecular formula is C22H14Cl2N4O6S2. The monoisotopic (exact) mass is 564 g/mol. The molecule has 0 spiro atoms. The number of nitrogens with one attached hydrogen (secondary N) is 2. The van der Waals surface area contributed by atoms with E-state index >= 15 is 0 Å². The third-order valence-corrected chi connectivity index (χ3v) is 6.79. The minimum absolute atomic E-state index is 0.0908. The Morgan fingerprint density at radius 3 is 2.67 bits per heavy atom. The Labute approximate surface area is 223 Å². The van der Waals surface area contributed by atoms with E-state index in [2.05, 4.69) is 10.7 Å². The summed E-state index contributed by atoms with van der Waals surface area (Å²) >= 11 is 18.0. The van der Waals surface area contributed by atoms with Gasteiger partial charge in [0.1, 0.15) is 17.3 Å². The molecule has 0 radical (unpaired) electrons. The maximum absolute atomic E-state index is 12.8. The standard InChI is InChI=1S/C22H14Cl2N4O6S2/c1-33-12-3-5-14(17(9-12)28(31)32)18-7-4-13(34-18)10-19-20(29)27(22(35)36-19)26-21(30)25-11-2-6-15(23)16(24)8-11/h2-10H,1H3,(H2,25,26,30)/b19-10+. The van der Waals surface area contributed by atoms with Gasteiger partial charge in [0.25, 0.3) is 11.6 Å². The van der Waals surface area contributed by atoms with Crippen molar-refractivity contribution in [2.45, 2.75) is 0 Å². The van der Waals surface area contributed by atoms with Gasteiger partial charge in [0.05, 0.1) is 38.6 Å². The predicted molar refractivity (Wildman–Crippen MR) is 141 cm³/mol. The van der Waals surface area contributed by atoms with Crippen LogP contribution >= 0.6 is 47.2 Å². The second-order valence-corrected chi connectivity index (χ2v) is 9.54. The molecule has 10 nitrogen and oxygen atoms in total. The fourth-order valence-electron chi connectivity index (χ4n) is 3.10. The molecule has 0 unspecified atom stereocenters. The van der Waals surface area contributed by atoms with Crippen LogP contribution in [0.2, 0.25) is 10.0 Å². The lowest BCUT2D eigenvalue weighted by molar-refractivity contribution is -0.384. The molecule has 1 saturated heterocycles. The van der Waals surface area contributed by atoms with Crippen molar-refractivity contribution in [2.24, 2.45) is 0 Å². The SMILES string of the molecule is COc1ccc(-c2ccc(/C=C3/SC(=S)N(NC(=O)Nc4ccc(Cl)c(Cl)c4)C3=O)o2)c([N+](=O)[O-])c1. The summed E-state index contributed by atoms with van der Waals surface area (Å²) in [6.45, 7) is 0. The molecule has 1 aromatic heterocycles. The Kier molecular flexibility index (Phi) is 7.50. The van der Waals surface area contributed by atoms with E-state index < -0.39 is 16.9 Å². The second-order valence-electron chi connectivity index (χ2n) is 7.05. The smallest absolute Gasteiger partial charge is 0.338 e. The van der Waals surface area contributed by atoms with Crippen molar-refractivity contribution in [2.75, 3.05) is 12.4 Å². The first-order chi connectivity index (χ1) is 17.2. The highest BCUT2D eigenvalue weighted by atomic mass is 35.5. The van der Waals surface area contributed by atoms with Crippen molar-refractivity contribution in [3.8, 4) is 17.1 Å². The molecule has 1 fully saturated rings. The van der Waals surface area contributed by atoms with Crippen LogP contribution in [0, 0.1) is 10.1 Å². The third kappa shape index (κ3) is 5.46. The number of nitro groups is 1. The summed E-state index contributed by atoms with van der Waals surface area (Å²) in [5, 5.41) is 15.5. The summed E-state index contributed by atoms with van der Waals surface area (Å²) < 4.78 is 10.9. The lowest BCUT2D eigenvalue weighted by atomic mass is 10.1. The molecule has 14 heteroatoms. The number of amides is 3. The van der Waals surface area contributed by atoms with E-state index in [0.717, 1.165) is 16.8 Å². The number of hydrogen-bond donors (Lipinski definition) is 2. The number of nitrogens with zero attached hydrogens (tertiary/aromatic N) is 2. The highest BCUT2D eigenvalue weighted by Crippen LogP contribution is 2.36. The molecule has 0 atom stereocenters. The Bertz CT molecular complexity index is 1440. The Morgan fingerprint density at radius 1 is 1.19 bits per heavy atom. The number of hydrogen-bond acceptors (Lipinski definition) is 8. The number of thiocarbonyl (C=S) groups is 1. The predicted octanol–water partition coefficient (Wildman–Crippen LogP) is 6.11. The zero-order valence-electron chi connectivity index (χ0n) is 18.1. The lowest BCUT2D eigenvalue weighted by Crippen LogP contribution is -2.46. The van der Waals surface area contributed by atoms with Crippen molar-refractivity contribution in [3.05, 3.63) is 79.4 Å². The van der Waals surface area contributed by atoms with Crippen molar-refractivity contribution >= 4 is 80.9 Å². The van der Waals surface area contributed by atoms with Gasteiger partial charge in [-0.2, -0.15) is 5.01 Å². The number of hydrazine groups is 1. The summed E-state index contributed by atoms with van der Waals surface area (Å²) in [6, 6.07) is 11.3. The maximum Gasteiger partial charge on any atom is 0.338 e. The molecule has 184 valence electrons. The van der Waals surface area contributed by atoms with Gasteiger partial charge in [-0.15, -0.1) is 0 Å². The molecule has 2 heterocycles. The number of ether oxygens (including phenoxy) is 1. The number of halogens is 2. The number of carbonyl (C=O) groups is 2. The highest BCUT2D eigenvalue weighted by molar-refractivity contribution is 8.26. The number of benzene rings is 2. The van der Waals surface area contributed by atoms with Gasteiger partial charge in [-0.3, -0.25) is 14.9 Å². The van der Waals surface area contributed by atoms with Crippen LogP contribution < -0.4 is 15.5 Å². The second kappa shape index (κ2) is 10.6. The van der Waals surface area contributed by atoms with Crippen LogP contribution in [0.5, 0.6) is 5.75 Å². The first-order valence-corrected chi connectivity index (χ1v) is 11.9. The largest absolute Gasteiger partial charge is 0.497 e. The Balaban J connectivity index is 1.49. The number of furan rings is 1. The zero-order valence-corrected chi connectivity index (χ0v) is 21.3. The molecule has 0 saturated carbocycles. The van der Waals surface area contributed by atoms with Crippen LogP contribution in [0.4, 0.5) is 16.2 Å². The average molecular weight is 565 g/mol. The van der Waals surface area contributed by atoms with Gasteiger partial charge < -0.3 is 14.5 Å². The number of rotatable bonds is 6. The van der Waals surface area contributed by atoms with Gasteiger partial charge in [-0.05, 0) is 54.7 Å². The van der Waals surface area contributed by atoms with Crippen LogP contribution in [-0.2, 0) is 4.79 Å². The van der Waals surface area contributed by atoms with E-state index in [1.807, 2.05) is 0 Å². The van der Waals surface area contributed by atoms with Crippen LogP contribution in [0.1, 0.15) is 5.76 Å². The topological polar surface area (TPSA) is 127 Å². The van der Waals surface area contributed by atoms with E-state index in [4.69, 9.17) is 44.6 Å². The fourth-order valence-corrected chi connectivity index (χ4v) is 4.56. The highest BCUT2D eigenvalue weighted by Gasteiger charge is 2.34. The molecule has 36 heavy (non-hydrogen) atoms. The molecule has 2 N–H and O–H groups in total. The number of anilines is 1. The minimum Gasteiger partial charge on any atom is -0.497 e. The van der Waals surface area contributed by atoms with Crippen LogP contribution in [0.3, 0.4) is 0 Å². The van der Waals surface area contributed by atoms with Gasteiger partial charge in [-0.1, -0.05) is 35.0 Å². The van der Waals surface area contributed by atoms with Gasteiger partial charge in [-0.25, -0.2) is 10.2 Å². The molecule has 0 aliphatic carbocycles. The van der Waals surface area contributed by atoms with Gasteiger partial charge in [0.2, 0.25) is 0 Å². The van der Waals surface area contributed by atoms with Crippen LogP contribution in [0.15, 0.2) is 57.9 Å². The number of carbonyl (C=O) groups excluding carboxylic acids is 2. The summed E-state index contributed by atoms with van der Waals surface area (Å²) in [7, 11) is 1.41. The van der Waals surface area contributed by atoms with E-state index in [1.165, 1.54) is 37.5 Å². The fraction of sp³-hybridized carbons (Fsp3) is 0.0455. The van der Waals surface area contributed by atoms with Crippen molar-refractivity contribution in [1.82, 2.24) is 10.4 Å². The van der Waals surface area contributed by atoms with Crippen molar-refractivity contribution in [3.63, 3.8) is 0 Å². The molecule has 1 aliphatic heterocycles. The first-order valence-electron chi connectivity index (χ1n) is 9.89. The van der Waals surface area contributed by atoms with Crippen LogP contribution in [-0.4, -0.2) is 33.3 Å². The lowest BCUT2D eigenvalue weighted by Gasteiger charge is -2.16. The molecular weight excluding hydrogens is 551 g/mol. The summed E-state index contributed by atoms with van der Waals surface area (Å²) in [5.41, 5.74) is 2.78. The number of urea groups is 1. The van der Waals surface area contributed by atoms with Gasteiger partial charge in [0, 0.05) is 11.8 Å². The normalized spacial score (nSPS) is 14.3. The average Bonchev–Trinajstić information content (AvgIpc) is 3.41. The Morgan fingerprint density at radius 2 is 1.97 bits per heavy atom. The van der Waals surface area contributed by atoms with Gasteiger partial charge >= 0.3 is 6.03 Å². The first kappa shape index (κ1) is 25.5. The maximum atomic E-state index is 12.8. The van der Waals surface area contributed by atoms with Crippen molar-refractivity contribution < 1.29 is 23.7 Å². The van der Waals surface area contributed by atoms with E-state index in [1.54, 1.807) is 24.3 Å². The molecule has 4 rings (SSSR count). The van der Waals surface area contributed by atoms with E-state index in [-0.39, 0.29) is 37.0 Å². The number of thioether (sulfide) groups is 1. The third-order valence-electron chi connectivity index (χ3n) is 4.75. The molecule has 1 aliphatic rings. The number of methoxy groups -OCH3 is 1. The number of nitro benzene ring substituents is 1. The van der Waals surface area contributed by atoms with Crippen LogP contribution in [0.25, 0.3) is 17.4 Å². The van der Waals surface area contributed by atoms with Gasteiger partial charge in [0.15, 0.2) is 4.32 Å². The van der Waals surface area contributed by atoms with E-state index in [0.29, 0.717) is 16.5 Å². The van der Waals surface area contributed by atoms with Crippen molar-refractivity contribution in [1.29, 1.82) is 0 Å². The molecule has 0 bridgehead atoms. The zero-order chi connectivity index (χ0) is 26.0. The summed E-state index contributed by atoms with van der Waals surface area (Å²) in [6.07, 6.45) is 1.43. The Hall–Kier alpha value is -3.58. The van der Waals surface area contributed by atoms with E-state index in [9.17, 15) is 19.7 Å².